The van der Waals surface area contributed by atoms with Gasteiger partial charge in [0.15, 0.2) is 5.76 Å². The molecule has 2 aromatic carbocycles. The maximum Gasteiger partial charge on any atom is 0.292 e. The predicted molar refractivity (Wildman–Crippen MR) is 101 cm³/mol. The molecule has 6 nitrogen and oxygen atoms in total. The average molecular weight is 377 g/mol. The van der Waals surface area contributed by atoms with E-state index in [2.05, 4.69) is 15.5 Å². The van der Waals surface area contributed by atoms with E-state index in [1.807, 2.05) is 18.2 Å². The van der Waals surface area contributed by atoms with Gasteiger partial charge in [-0.2, -0.15) is 0 Å². The lowest BCUT2D eigenvalue weighted by molar-refractivity contribution is -0.117. The average Bonchev–Trinajstić information content (AvgIpc) is 3.29. The lowest BCUT2D eigenvalue weighted by Gasteiger charge is -2.02. The van der Waals surface area contributed by atoms with Crippen LogP contribution in [0.2, 0.25) is 0 Å². The van der Waals surface area contributed by atoms with Crippen molar-refractivity contribution in [3.63, 3.8) is 0 Å². The van der Waals surface area contributed by atoms with Crippen LogP contribution >= 0.6 is 0 Å². The van der Waals surface area contributed by atoms with Crippen molar-refractivity contribution in [1.82, 2.24) is 15.5 Å². The van der Waals surface area contributed by atoms with Crippen LogP contribution in [-0.4, -0.2) is 21.8 Å². The molecule has 2 aromatic heterocycles. The molecule has 0 atom stereocenters. The van der Waals surface area contributed by atoms with E-state index in [4.69, 9.17) is 4.52 Å². The van der Waals surface area contributed by atoms with Gasteiger partial charge < -0.3 is 14.8 Å². The lowest BCUT2D eigenvalue weighted by Crippen LogP contribution is -2.31. The first kappa shape index (κ1) is 17.7. The largest absolute Gasteiger partial charge is 0.358 e. The highest BCUT2D eigenvalue weighted by Crippen LogP contribution is 2.24. The van der Waals surface area contributed by atoms with Crippen molar-refractivity contribution in [1.29, 1.82) is 0 Å². The molecule has 0 fully saturated rings. The lowest BCUT2D eigenvalue weighted by atomic mass is 10.1. The van der Waals surface area contributed by atoms with Gasteiger partial charge in [0.2, 0.25) is 0 Å². The van der Waals surface area contributed by atoms with Crippen LogP contribution in [0.15, 0.2) is 59.1 Å². The molecule has 0 unspecified atom stereocenters. The van der Waals surface area contributed by atoms with E-state index in [9.17, 15) is 14.0 Å². The van der Waals surface area contributed by atoms with Crippen LogP contribution in [0, 0.1) is 12.7 Å². The third-order valence-corrected chi connectivity index (χ3v) is 4.46. The van der Waals surface area contributed by atoms with Crippen molar-refractivity contribution in [2.75, 3.05) is 0 Å². The van der Waals surface area contributed by atoms with E-state index in [-0.39, 0.29) is 17.9 Å². The molecule has 0 radical (unpaired) electrons. The number of nitrogens with zero attached hydrogens (tertiary/aromatic N) is 1. The number of hydrogen-bond donors (Lipinski definition) is 2. The highest BCUT2D eigenvalue weighted by molar-refractivity contribution is 6.45. The van der Waals surface area contributed by atoms with Gasteiger partial charge in [0.1, 0.15) is 11.5 Å². The third kappa shape index (κ3) is 3.18. The molecule has 2 heterocycles. The van der Waals surface area contributed by atoms with Crippen LogP contribution in [-0.2, 0) is 11.3 Å². The van der Waals surface area contributed by atoms with Crippen molar-refractivity contribution < 1.29 is 18.5 Å². The highest BCUT2D eigenvalue weighted by Gasteiger charge is 2.22. The zero-order chi connectivity index (χ0) is 19.7. The number of carbonyl (C=O) groups is 2. The first-order valence-corrected chi connectivity index (χ1v) is 8.65. The number of para-hydroxylation sites is 1. The van der Waals surface area contributed by atoms with Gasteiger partial charge in [-0.15, -0.1) is 0 Å². The standard InChI is InChI=1S/C21H16FN3O3/c1-12-19(15-7-3-5-9-17(15)24-12)20(26)21(27)23-11-13-10-18(28-25-13)14-6-2-4-8-16(14)22/h2-10,24H,11H2,1H3,(H,23,27). The van der Waals surface area contributed by atoms with Crippen LogP contribution in [0.1, 0.15) is 21.7 Å². The number of ketones is 1. The minimum atomic E-state index is -0.747. The molecule has 7 heteroatoms. The Morgan fingerprint density at radius 2 is 1.89 bits per heavy atom. The highest BCUT2D eigenvalue weighted by atomic mass is 19.1. The summed E-state index contributed by atoms with van der Waals surface area (Å²) in [6.45, 7) is 1.74. The van der Waals surface area contributed by atoms with Crippen LogP contribution in [0.5, 0.6) is 0 Å². The molecule has 1 amide bonds. The molecule has 0 spiro atoms. The number of aromatic amines is 1. The molecule has 0 aliphatic heterocycles. The molecule has 0 saturated heterocycles. The van der Waals surface area contributed by atoms with Gasteiger partial charge in [-0.3, -0.25) is 9.59 Å². The second kappa shape index (κ2) is 7.11. The Labute approximate surface area is 159 Å². The molecule has 140 valence electrons. The summed E-state index contributed by atoms with van der Waals surface area (Å²) in [6.07, 6.45) is 0. The second-order valence-electron chi connectivity index (χ2n) is 6.34. The summed E-state index contributed by atoms with van der Waals surface area (Å²) in [6, 6.07) is 15.0. The quantitative estimate of drug-likeness (QED) is 0.409. The van der Waals surface area contributed by atoms with Gasteiger partial charge in [-0.05, 0) is 25.1 Å². The number of rotatable bonds is 5. The van der Waals surface area contributed by atoms with E-state index in [1.165, 1.54) is 12.1 Å². The molecule has 28 heavy (non-hydrogen) atoms. The number of halogens is 1. The summed E-state index contributed by atoms with van der Waals surface area (Å²) in [7, 11) is 0. The number of aryl methyl sites for hydroxylation is 1. The van der Waals surface area contributed by atoms with Crippen molar-refractivity contribution in [3.05, 3.63) is 77.4 Å². The molecule has 0 aliphatic carbocycles. The van der Waals surface area contributed by atoms with E-state index in [0.717, 1.165) is 5.52 Å². The molecule has 0 aliphatic rings. The third-order valence-electron chi connectivity index (χ3n) is 4.46. The fourth-order valence-corrected chi connectivity index (χ4v) is 3.12. The van der Waals surface area contributed by atoms with Gasteiger partial charge in [0.25, 0.3) is 11.7 Å². The van der Waals surface area contributed by atoms with Crippen molar-refractivity contribution in [2.45, 2.75) is 13.5 Å². The number of amides is 1. The van der Waals surface area contributed by atoms with Crippen LogP contribution in [0.4, 0.5) is 4.39 Å². The summed E-state index contributed by atoms with van der Waals surface area (Å²) in [5.41, 5.74) is 2.43. The van der Waals surface area contributed by atoms with Crippen molar-refractivity contribution in [3.8, 4) is 11.3 Å². The van der Waals surface area contributed by atoms with E-state index in [0.29, 0.717) is 22.3 Å². The van der Waals surface area contributed by atoms with E-state index < -0.39 is 17.5 Å². The molecule has 0 bridgehead atoms. The molecular weight excluding hydrogens is 361 g/mol. The number of fused-ring (bicyclic) bond motifs is 1. The predicted octanol–water partition coefficient (Wildman–Crippen LogP) is 3.77. The normalized spacial score (nSPS) is 10.9. The Balaban J connectivity index is 1.48. The molecule has 0 saturated carbocycles. The van der Waals surface area contributed by atoms with Crippen LogP contribution in [0.25, 0.3) is 22.2 Å². The Hall–Kier alpha value is -3.74. The molecule has 4 rings (SSSR count). The van der Waals surface area contributed by atoms with Gasteiger partial charge in [0, 0.05) is 22.7 Å². The second-order valence-corrected chi connectivity index (χ2v) is 6.34. The number of nitrogens with one attached hydrogen (secondary N) is 2. The van der Waals surface area contributed by atoms with Gasteiger partial charge in [-0.1, -0.05) is 35.5 Å². The Morgan fingerprint density at radius 1 is 1.14 bits per heavy atom. The van der Waals surface area contributed by atoms with Gasteiger partial charge in [-0.25, -0.2) is 4.39 Å². The number of H-pyrrole nitrogens is 1. The summed E-state index contributed by atoms with van der Waals surface area (Å²) in [4.78, 5) is 28.1. The molecular formula is C21H16FN3O3. The number of Topliss-reactive ketones (excluding diaryl/α,β-unsaturated/α-hetero) is 1. The summed E-state index contributed by atoms with van der Waals surface area (Å²) in [5.74, 6) is -1.56. The number of carbonyl (C=O) groups excluding carboxylic acids is 2. The van der Waals surface area contributed by atoms with Crippen molar-refractivity contribution in [2.24, 2.45) is 0 Å². The summed E-state index contributed by atoms with van der Waals surface area (Å²) >= 11 is 0. The Bertz CT molecular complexity index is 1190. The topological polar surface area (TPSA) is 88.0 Å². The first-order valence-electron chi connectivity index (χ1n) is 8.65. The van der Waals surface area contributed by atoms with Crippen LogP contribution in [0.3, 0.4) is 0 Å². The van der Waals surface area contributed by atoms with E-state index in [1.54, 1.807) is 31.2 Å². The Morgan fingerprint density at radius 3 is 2.71 bits per heavy atom. The zero-order valence-electron chi connectivity index (χ0n) is 15.0. The SMILES string of the molecule is Cc1[nH]c2ccccc2c1C(=O)C(=O)NCc1cc(-c2ccccc2F)on1. The van der Waals surface area contributed by atoms with Gasteiger partial charge in [0.05, 0.1) is 17.7 Å². The Kier molecular flexibility index (Phi) is 4.49. The van der Waals surface area contributed by atoms with Crippen LogP contribution < -0.4 is 5.32 Å². The van der Waals surface area contributed by atoms with Crippen molar-refractivity contribution >= 4 is 22.6 Å². The fourth-order valence-electron chi connectivity index (χ4n) is 3.12. The monoisotopic (exact) mass is 377 g/mol. The van der Waals surface area contributed by atoms with Gasteiger partial charge >= 0.3 is 0 Å². The maximum absolute atomic E-state index is 13.8. The molecule has 2 N–H and O–H groups in total. The summed E-state index contributed by atoms with van der Waals surface area (Å²) < 4.78 is 19.0. The minimum absolute atomic E-state index is 0.00999. The van der Waals surface area contributed by atoms with E-state index >= 15 is 0 Å². The maximum atomic E-state index is 13.8. The first-order chi connectivity index (χ1) is 13.5. The number of aromatic nitrogens is 2. The fraction of sp³-hybridized carbons (Fsp3) is 0.0952. The molecule has 4 aromatic rings. The smallest absolute Gasteiger partial charge is 0.292 e. The minimum Gasteiger partial charge on any atom is -0.358 e. The zero-order valence-corrected chi connectivity index (χ0v) is 15.0. The summed E-state index contributed by atoms with van der Waals surface area (Å²) in [5, 5.41) is 7.06. The number of hydrogen-bond acceptors (Lipinski definition) is 4. The number of benzene rings is 2.